The van der Waals surface area contributed by atoms with Crippen molar-refractivity contribution in [3.63, 3.8) is 0 Å². The molecule has 19 heavy (non-hydrogen) atoms. The number of sulfonamides is 1. The Morgan fingerprint density at radius 1 is 1.47 bits per heavy atom. The monoisotopic (exact) mass is 304 g/mol. The minimum Gasteiger partial charge on any atom is -0.258 e. The third-order valence-corrected chi connectivity index (χ3v) is 4.22. The summed E-state index contributed by atoms with van der Waals surface area (Å²) in [5.74, 6) is 0. The summed E-state index contributed by atoms with van der Waals surface area (Å²) in [7, 11) is -3.86. The van der Waals surface area contributed by atoms with Gasteiger partial charge in [0.25, 0.3) is 5.69 Å². The molecule has 0 fully saturated rings. The lowest BCUT2D eigenvalue weighted by Crippen LogP contribution is -2.25. The molecule has 0 radical (unpaired) electrons. The zero-order valence-corrected chi connectivity index (χ0v) is 12.0. The van der Waals surface area contributed by atoms with Gasteiger partial charge in [0.15, 0.2) is 0 Å². The normalized spacial score (nSPS) is 11.3. The van der Waals surface area contributed by atoms with E-state index in [4.69, 9.17) is 11.6 Å². The topological polar surface area (TPSA) is 89.3 Å². The number of nitrogens with zero attached hydrogens (tertiary/aromatic N) is 1. The van der Waals surface area contributed by atoms with Gasteiger partial charge in [0, 0.05) is 23.7 Å². The molecule has 0 saturated carbocycles. The Morgan fingerprint density at radius 3 is 2.53 bits per heavy atom. The lowest BCUT2D eigenvalue weighted by molar-refractivity contribution is -0.385. The van der Waals surface area contributed by atoms with E-state index in [2.05, 4.69) is 11.3 Å². The number of rotatable bonds is 5. The van der Waals surface area contributed by atoms with E-state index >= 15 is 0 Å². The zero-order chi connectivity index (χ0) is 14.8. The Labute approximate surface area is 116 Å². The number of aryl methyl sites for hydroxylation is 1. The van der Waals surface area contributed by atoms with Crippen molar-refractivity contribution >= 4 is 27.3 Å². The molecule has 0 aliphatic rings. The second-order valence-corrected chi connectivity index (χ2v) is 6.25. The summed E-state index contributed by atoms with van der Waals surface area (Å²) in [6.45, 7) is 6.43. The lowest BCUT2D eigenvalue weighted by Gasteiger charge is -2.10. The van der Waals surface area contributed by atoms with E-state index < -0.39 is 14.9 Å². The molecule has 6 nitrogen and oxygen atoms in total. The van der Waals surface area contributed by atoms with Crippen LogP contribution in [0.5, 0.6) is 0 Å². The Morgan fingerprint density at radius 2 is 2.05 bits per heavy atom. The quantitative estimate of drug-likeness (QED) is 0.667. The molecular weight excluding hydrogens is 292 g/mol. The van der Waals surface area contributed by atoms with Gasteiger partial charge in [0.1, 0.15) is 0 Å². The molecule has 0 amide bonds. The van der Waals surface area contributed by atoms with Crippen LogP contribution < -0.4 is 4.72 Å². The molecule has 1 aromatic rings. The Hall–Kier alpha value is -1.44. The number of halogens is 1. The molecule has 0 heterocycles. The van der Waals surface area contributed by atoms with Gasteiger partial charge in [-0.15, -0.1) is 0 Å². The fourth-order valence-corrected chi connectivity index (χ4v) is 2.95. The predicted octanol–water partition coefficient (Wildman–Crippen LogP) is 2.24. The van der Waals surface area contributed by atoms with Crippen LogP contribution >= 0.6 is 11.6 Å². The Balaban J connectivity index is 3.33. The van der Waals surface area contributed by atoms with Crippen LogP contribution in [-0.4, -0.2) is 19.9 Å². The van der Waals surface area contributed by atoms with E-state index in [1.807, 2.05) is 0 Å². The maximum atomic E-state index is 12.1. The zero-order valence-electron chi connectivity index (χ0n) is 10.4. The van der Waals surface area contributed by atoms with E-state index in [1.165, 1.54) is 6.07 Å². The fraction of sp³-hybridized carbons (Fsp3) is 0.273. The van der Waals surface area contributed by atoms with E-state index in [0.29, 0.717) is 11.1 Å². The number of nitro groups is 1. The molecule has 0 spiro atoms. The molecule has 0 unspecified atom stereocenters. The maximum absolute atomic E-state index is 12.1. The SMILES string of the molecule is C=C(Cl)CNS(=O)(=O)c1cc([N+](=O)[O-])cc(C)c1C. The molecule has 0 aromatic heterocycles. The first kappa shape index (κ1) is 15.6. The Bertz CT molecular complexity index is 640. The Kier molecular flexibility index (Phi) is 4.67. The van der Waals surface area contributed by atoms with Crippen LogP contribution in [0.25, 0.3) is 0 Å². The molecule has 0 aliphatic heterocycles. The smallest absolute Gasteiger partial charge is 0.258 e. The lowest BCUT2D eigenvalue weighted by atomic mass is 10.1. The number of hydrogen-bond donors (Lipinski definition) is 1. The highest BCUT2D eigenvalue weighted by atomic mass is 35.5. The average molecular weight is 305 g/mol. The largest absolute Gasteiger partial charge is 0.271 e. The van der Waals surface area contributed by atoms with Gasteiger partial charge in [0.05, 0.1) is 9.82 Å². The molecule has 8 heteroatoms. The molecule has 0 atom stereocenters. The summed E-state index contributed by atoms with van der Waals surface area (Å²) in [5.41, 5.74) is 0.714. The third-order valence-electron chi connectivity index (χ3n) is 2.56. The molecule has 0 saturated heterocycles. The molecule has 1 N–H and O–H groups in total. The average Bonchev–Trinajstić information content (AvgIpc) is 2.29. The minimum atomic E-state index is -3.86. The van der Waals surface area contributed by atoms with Crippen LogP contribution in [0.1, 0.15) is 11.1 Å². The second-order valence-electron chi connectivity index (χ2n) is 3.98. The number of benzene rings is 1. The standard InChI is InChI=1S/C11H13ClN2O4S/c1-7-4-10(14(15)16)5-11(9(7)3)19(17,18)13-6-8(2)12/h4-5,13H,2,6H2,1,3H3. The van der Waals surface area contributed by atoms with Gasteiger partial charge in [-0.2, -0.15) is 0 Å². The van der Waals surface area contributed by atoms with Crippen molar-refractivity contribution in [3.05, 3.63) is 45.0 Å². The van der Waals surface area contributed by atoms with Crippen LogP contribution in [0.4, 0.5) is 5.69 Å². The van der Waals surface area contributed by atoms with Crippen molar-refractivity contribution in [3.8, 4) is 0 Å². The highest BCUT2D eigenvalue weighted by molar-refractivity contribution is 7.89. The summed E-state index contributed by atoms with van der Waals surface area (Å²) in [6, 6.07) is 2.36. The van der Waals surface area contributed by atoms with Gasteiger partial charge in [-0.05, 0) is 25.0 Å². The van der Waals surface area contributed by atoms with Crippen molar-refractivity contribution in [2.24, 2.45) is 0 Å². The maximum Gasteiger partial charge on any atom is 0.271 e. The highest BCUT2D eigenvalue weighted by Gasteiger charge is 2.22. The van der Waals surface area contributed by atoms with Crippen LogP contribution in [-0.2, 0) is 10.0 Å². The third kappa shape index (κ3) is 3.76. The van der Waals surface area contributed by atoms with Gasteiger partial charge in [-0.3, -0.25) is 10.1 Å². The molecular formula is C11H13ClN2O4S. The van der Waals surface area contributed by atoms with Crippen LogP contribution in [0.2, 0.25) is 0 Å². The van der Waals surface area contributed by atoms with Gasteiger partial charge < -0.3 is 0 Å². The molecule has 1 aromatic carbocycles. The van der Waals surface area contributed by atoms with Crippen LogP contribution in [0.15, 0.2) is 28.6 Å². The van der Waals surface area contributed by atoms with Crippen molar-refractivity contribution in [1.29, 1.82) is 0 Å². The van der Waals surface area contributed by atoms with Gasteiger partial charge in [-0.25, -0.2) is 13.1 Å². The van der Waals surface area contributed by atoms with Gasteiger partial charge >= 0.3 is 0 Å². The van der Waals surface area contributed by atoms with Gasteiger partial charge in [-0.1, -0.05) is 18.2 Å². The number of hydrogen-bond acceptors (Lipinski definition) is 4. The number of nitro benzene ring substituents is 1. The van der Waals surface area contributed by atoms with E-state index in [9.17, 15) is 18.5 Å². The predicted molar refractivity (Wildman–Crippen MR) is 72.8 cm³/mol. The number of nitrogens with one attached hydrogen (secondary N) is 1. The summed E-state index contributed by atoms with van der Waals surface area (Å²) in [5, 5.41) is 10.9. The van der Waals surface area contributed by atoms with Crippen molar-refractivity contribution in [2.75, 3.05) is 6.54 Å². The van der Waals surface area contributed by atoms with E-state index in [1.54, 1.807) is 13.8 Å². The first-order valence-electron chi connectivity index (χ1n) is 5.23. The fourth-order valence-electron chi connectivity index (χ4n) is 1.44. The second kappa shape index (κ2) is 5.68. The molecule has 1 rings (SSSR count). The highest BCUT2D eigenvalue weighted by Crippen LogP contribution is 2.25. The number of non-ortho nitro benzene ring substituents is 1. The van der Waals surface area contributed by atoms with Crippen LogP contribution in [0.3, 0.4) is 0 Å². The van der Waals surface area contributed by atoms with Crippen molar-refractivity contribution in [2.45, 2.75) is 18.7 Å². The van der Waals surface area contributed by atoms with Crippen LogP contribution in [0, 0.1) is 24.0 Å². The van der Waals surface area contributed by atoms with Crippen molar-refractivity contribution in [1.82, 2.24) is 4.72 Å². The molecule has 104 valence electrons. The summed E-state index contributed by atoms with van der Waals surface area (Å²) in [6.07, 6.45) is 0. The van der Waals surface area contributed by atoms with E-state index in [-0.39, 0.29) is 22.2 Å². The summed E-state index contributed by atoms with van der Waals surface area (Å²) < 4.78 is 26.3. The van der Waals surface area contributed by atoms with E-state index in [0.717, 1.165) is 6.07 Å². The molecule has 0 bridgehead atoms. The van der Waals surface area contributed by atoms with Gasteiger partial charge in [0.2, 0.25) is 10.0 Å². The first-order valence-corrected chi connectivity index (χ1v) is 7.10. The first-order chi connectivity index (χ1) is 8.65. The summed E-state index contributed by atoms with van der Waals surface area (Å²) >= 11 is 5.49. The van der Waals surface area contributed by atoms with Crippen molar-refractivity contribution < 1.29 is 13.3 Å². The minimum absolute atomic E-state index is 0.128. The summed E-state index contributed by atoms with van der Waals surface area (Å²) in [4.78, 5) is 10.0. The molecule has 0 aliphatic carbocycles.